The first-order valence-electron chi connectivity index (χ1n) is 7.49. The normalized spacial score (nSPS) is 10.8. The molecule has 0 fully saturated rings. The van der Waals surface area contributed by atoms with Crippen LogP contribution < -0.4 is 15.4 Å². The highest BCUT2D eigenvalue weighted by Gasteiger charge is 2.11. The molecule has 1 aromatic carbocycles. The van der Waals surface area contributed by atoms with Crippen LogP contribution in [0.15, 0.2) is 44.6 Å². The van der Waals surface area contributed by atoms with Crippen molar-refractivity contribution in [3.63, 3.8) is 0 Å². The Balaban J connectivity index is 1.61. The van der Waals surface area contributed by atoms with E-state index in [-0.39, 0.29) is 18.0 Å². The first kappa shape index (κ1) is 17.0. The zero-order valence-electron chi connectivity index (χ0n) is 13.7. The first-order chi connectivity index (χ1) is 12.0. The summed E-state index contributed by atoms with van der Waals surface area (Å²) < 4.78 is 11.6. The monoisotopic (exact) mass is 360 g/mol. The topological polar surface area (TPSA) is 103 Å². The molecule has 0 bridgehead atoms. The molecule has 8 nitrogen and oxygen atoms in total. The van der Waals surface area contributed by atoms with Crippen molar-refractivity contribution in [3.8, 4) is 5.75 Å². The number of nitrogens with zero attached hydrogens (tertiary/aromatic N) is 3. The third kappa shape index (κ3) is 4.18. The van der Waals surface area contributed by atoms with Crippen LogP contribution in [0.5, 0.6) is 5.75 Å². The summed E-state index contributed by atoms with van der Waals surface area (Å²) >= 11 is 1.17. The molecule has 0 spiro atoms. The van der Waals surface area contributed by atoms with Crippen LogP contribution in [0.2, 0.25) is 0 Å². The van der Waals surface area contributed by atoms with Crippen LogP contribution in [-0.4, -0.2) is 19.7 Å². The lowest BCUT2D eigenvalue weighted by Gasteiger charge is -2.02. The molecular formula is C16H16N4O4S. The quantitative estimate of drug-likeness (QED) is 0.669. The Labute approximate surface area is 147 Å². The molecule has 9 heteroatoms. The van der Waals surface area contributed by atoms with Crippen LogP contribution in [0, 0.1) is 13.8 Å². The third-order valence-corrected chi connectivity index (χ3v) is 4.09. The maximum Gasteiger partial charge on any atom is 0.328 e. The third-order valence-electron chi connectivity index (χ3n) is 3.41. The number of rotatable bonds is 6. The standard InChI is InChI=1S/C16H16N4O4S/c1-10-3-5-12(6-4-10)24-25-9-13-18-14(23-19-13)8-20-15(21)11(2)7-17-16(20)22/h3-7H,8-9H2,1-2H3,(H,17,22). The van der Waals surface area contributed by atoms with Gasteiger partial charge in [0, 0.05) is 11.8 Å². The molecule has 2 heterocycles. The number of H-pyrrole nitrogens is 1. The van der Waals surface area contributed by atoms with E-state index in [9.17, 15) is 9.59 Å². The summed E-state index contributed by atoms with van der Waals surface area (Å²) in [4.78, 5) is 30.4. The fourth-order valence-electron chi connectivity index (χ4n) is 2.05. The number of aromatic amines is 1. The van der Waals surface area contributed by atoms with Crippen LogP contribution in [0.3, 0.4) is 0 Å². The van der Waals surface area contributed by atoms with Crippen LogP contribution >= 0.6 is 12.0 Å². The van der Waals surface area contributed by atoms with Crippen LogP contribution in [0.25, 0.3) is 0 Å². The van der Waals surface area contributed by atoms with Gasteiger partial charge in [-0.25, -0.2) is 4.79 Å². The number of benzene rings is 1. The van der Waals surface area contributed by atoms with Gasteiger partial charge >= 0.3 is 5.69 Å². The van der Waals surface area contributed by atoms with Gasteiger partial charge in [-0.2, -0.15) is 4.98 Å². The zero-order valence-corrected chi connectivity index (χ0v) is 14.5. The van der Waals surface area contributed by atoms with E-state index in [2.05, 4.69) is 15.1 Å². The fourth-order valence-corrected chi connectivity index (χ4v) is 2.58. The highest BCUT2D eigenvalue weighted by Crippen LogP contribution is 2.19. The van der Waals surface area contributed by atoms with Gasteiger partial charge in [-0.1, -0.05) is 22.9 Å². The van der Waals surface area contributed by atoms with Crippen molar-refractivity contribution in [1.29, 1.82) is 0 Å². The summed E-state index contributed by atoms with van der Waals surface area (Å²) in [6, 6.07) is 7.67. The van der Waals surface area contributed by atoms with Crippen molar-refractivity contribution < 1.29 is 8.71 Å². The SMILES string of the molecule is Cc1ccc(OSCc2noc(Cn3c(=O)[nH]cc(C)c3=O)n2)cc1. The number of hydrogen-bond donors (Lipinski definition) is 1. The van der Waals surface area contributed by atoms with Crippen molar-refractivity contribution in [2.45, 2.75) is 26.1 Å². The molecule has 130 valence electrons. The molecule has 0 aliphatic heterocycles. The van der Waals surface area contributed by atoms with Crippen LogP contribution in [0.1, 0.15) is 22.8 Å². The Hall–Kier alpha value is -2.81. The van der Waals surface area contributed by atoms with E-state index in [4.69, 9.17) is 8.71 Å². The van der Waals surface area contributed by atoms with Crippen molar-refractivity contribution in [1.82, 2.24) is 19.7 Å². The number of hydrogen-bond acceptors (Lipinski definition) is 7. The Bertz CT molecular complexity index is 975. The smallest absolute Gasteiger partial charge is 0.328 e. The second kappa shape index (κ2) is 7.39. The molecular weight excluding hydrogens is 344 g/mol. The fraction of sp³-hybridized carbons (Fsp3) is 0.250. The van der Waals surface area contributed by atoms with Crippen molar-refractivity contribution in [2.75, 3.05) is 0 Å². The van der Waals surface area contributed by atoms with Gasteiger partial charge in [0.1, 0.15) is 12.3 Å². The van der Waals surface area contributed by atoms with E-state index in [0.29, 0.717) is 17.1 Å². The van der Waals surface area contributed by atoms with Gasteiger partial charge in [-0.3, -0.25) is 9.36 Å². The molecule has 0 aliphatic rings. The Morgan fingerprint density at radius 2 is 2.00 bits per heavy atom. The molecule has 0 saturated carbocycles. The predicted octanol–water partition coefficient (Wildman–Crippen LogP) is 1.81. The first-order valence-corrected chi connectivity index (χ1v) is 8.41. The Morgan fingerprint density at radius 1 is 1.24 bits per heavy atom. The minimum Gasteiger partial charge on any atom is -0.425 e. The van der Waals surface area contributed by atoms with Gasteiger partial charge in [0.25, 0.3) is 5.56 Å². The van der Waals surface area contributed by atoms with E-state index in [0.717, 1.165) is 15.9 Å². The van der Waals surface area contributed by atoms with Gasteiger partial charge in [0.2, 0.25) is 5.89 Å². The molecule has 0 amide bonds. The lowest BCUT2D eigenvalue weighted by molar-refractivity contribution is 0.363. The molecule has 1 N–H and O–H groups in total. The molecule has 0 radical (unpaired) electrons. The molecule has 2 aromatic heterocycles. The highest BCUT2D eigenvalue weighted by atomic mass is 32.2. The van der Waals surface area contributed by atoms with Gasteiger partial charge in [0.05, 0.1) is 17.8 Å². The lowest BCUT2D eigenvalue weighted by atomic mass is 10.2. The number of aryl methyl sites for hydroxylation is 2. The molecule has 0 saturated heterocycles. The lowest BCUT2D eigenvalue weighted by Crippen LogP contribution is -2.36. The van der Waals surface area contributed by atoms with Crippen molar-refractivity contribution >= 4 is 12.0 Å². The number of nitrogens with one attached hydrogen (secondary N) is 1. The predicted molar refractivity (Wildman–Crippen MR) is 92.6 cm³/mol. The summed E-state index contributed by atoms with van der Waals surface area (Å²) in [7, 11) is 0. The van der Waals surface area contributed by atoms with Gasteiger partial charge in [0.15, 0.2) is 5.82 Å². The Morgan fingerprint density at radius 3 is 2.76 bits per heavy atom. The van der Waals surface area contributed by atoms with Crippen molar-refractivity contribution in [3.05, 3.63) is 74.1 Å². The van der Waals surface area contributed by atoms with Gasteiger partial charge in [-0.05, 0) is 26.0 Å². The zero-order chi connectivity index (χ0) is 17.8. The largest absolute Gasteiger partial charge is 0.425 e. The van der Waals surface area contributed by atoms with Gasteiger partial charge < -0.3 is 13.7 Å². The molecule has 3 rings (SSSR count). The molecule has 3 aromatic rings. The summed E-state index contributed by atoms with van der Waals surface area (Å²) in [6.45, 7) is 3.54. The van der Waals surface area contributed by atoms with Gasteiger partial charge in [-0.15, -0.1) is 0 Å². The highest BCUT2D eigenvalue weighted by molar-refractivity contribution is 7.94. The summed E-state index contributed by atoms with van der Waals surface area (Å²) in [6.07, 6.45) is 1.37. The summed E-state index contributed by atoms with van der Waals surface area (Å²) in [5.41, 5.74) is 0.677. The van der Waals surface area contributed by atoms with Crippen LogP contribution in [0.4, 0.5) is 0 Å². The maximum absolute atomic E-state index is 12.0. The average molecular weight is 360 g/mol. The van der Waals surface area contributed by atoms with E-state index in [1.165, 1.54) is 18.2 Å². The van der Waals surface area contributed by atoms with Crippen molar-refractivity contribution in [2.24, 2.45) is 0 Å². The van der Waals surface area contributed by atoms with E-state index in [1.54, 1.807) is 6.92 Å². The maximum atomic E-state index is 12.0. The second-order valence-electron chi connectivity index (χ2n) is 5.43. The van der Waals surface area contributed by atoms with E-state index in [1.807, 2.05) is 31.2 Å². The minimum atomic E-state index is -0.521. The van der Waals surface area contributed by atoms with E-state index >= 15 is 0 Å². The van der Waals surface area contributed by atoms with E-state index < -0.39 is 5.69 Å². The molecule has 0 atom stereocenters. The second-order valence-corrected chi connectivity index (χ2v) is 6.12. The minimum absolute atomic E-state index is 0.0771. The average Bonchev–Trinajstić information content (AvgIpc) is 3.04. The summed E-state index contributed by atoms with van der Waals surface area (Å²) in [5.74, 6) is 1.71. The summed E-state index contributed by atoms with van der Waals surface area (Å²) in [5, 5.41) is 3.82. The molecule has 25 heavy (non-hydrogen) atoms. The number of aromatic nitrogens is 4. The molecule has 0 unspecified atom stereocenters. The Kier molecular flexibility index (Phi) is 5.03. The van der Waals surface area contributed by atoms with Crippen LogP contribution in [-0.2, 0) is 12.3 Å². The molecule has 0 aliphatic carbocycles.